The predicted octanol–water partition coefficient (Wildman–Crippen LogP) is 1.28. The molecule has 0 heterocycles. The monoisotopic (exact) mass is 321 g/mol. The summed E-state index contributed by atoms with van der Waals surface area (Å²) in [4.78, 5) is 13.9. The van der Waals surface area contributed by atoms with Gasteiger partial charge in [-0.2, -0.15) is 5.53 Å². The molecule has 2 rings (SSSR count). The molecule has 23 heavy (non-hydrogen) atoms. The number of amides is 1. The molecule has 0 bridgehead atoms. The van der Waals surface area contributed by atoms with Gasteiger partial charge in [0.15, 0.2) is 0 Å². The summed E-state index contributed by atoms with van der Waals surface area (Å²) in [6.45, 7) is 4.26. The average Bonchev–Trinajstić information content (AvgIpc) is 2.57. The SMILES string of the molecule is CC(=O)N(CCNCc1ccccc1)C1CCCCC1.NNN. The second-order valence-corrected chi connectivity index (χ2v) is 5.83. The maximum absolute atomic E-state index is 11.8. The molecule has 6 heteroatoms. The molecule has 1 amide bonds. The number of carbonyl (C=O) groups is 1. The molecule has 1 aromatic rings. The van der Waals surface area contributed by atoms with Crippen LogP contribution < -0.4 is 22.5 Å². The molecule has 1 aromatic carbocycles. The van der Waals surface area contributed by atoms with Crippen molar-refractivity contribution < 1.29 is 4.79 Å². The Morgan fingerprint density at radius 2 is 1.78 bits per heavy atom. The van der Waals surface area contributed by atoms with Crippen LogP contribution in [0.15, 0.2) is 30.3 Å². The van der Waals surface area contributed by atoms with Crippen molar-refractivity contribution in [3.05, 3.63) is 35.9 Å². The topological polar surface area (TPSA) is 96.4 Å². The minimum Gasteiger partial charge on any atom is -0.339 e. The van der Waals surface area contributed by atoms with E-state index in [-0.39, 0.29) is 5.91 Å². The summed E-state index contributed by atoms with van der Waals surface area (Å²) in [5, 5.41) is 3.43. The summed E-state index contributed by atoms with van der Waals surface area (Å²) >= 11 is 0. The molecule has 0 saturated heterocycles. The molecule has 6 N–H and O–H groups in total. The minimum atomic E-state index is 0.221. The lowest BCUT2D eigenvalue weighted by Gasteiger charge is -2.33. The van der Waals surface area contributed by atoms with Crippen molar-refractivity contribution in [2.75, 3.05) is 13.1 Å². The van der Waals surface area contributed by atoms with Gasteiger partial charge in [-0.15, -0.1) is 0 Å². The Bertz CT molecular complexity index is 420. The normalized spacial score (nSPS) is 14.7. The van der Waals surface area contributed by atoms with Crippen molar-refractivity contribution in [2.45, 2.75) is 51.6 Å². The summed E-state index contributed by atoms with van der Waals surface area (Å²) in [5.74, 6) is 8.97. The lowest BCUT2D eigenvalue weighted by molar-refractivity contribution is -0.131. The first-order valence-corrected chi connectivity index (χ1v) is 8.37. The average molecular weight is 321 g/mol. The van der Waals surface area contributed by atoms with Crippen LogP contribution in [0.5, 0.6) is 0 Å². The van der Waals surface area contributed by atoms with Crippen LogP contribution in [0.1, 0.15) is 44.6 Å². The van der Waals surface area contributed by atoms with Crippen LogP contribution in [0.2, 0.25) is 0 Å². The number of nitrogens with one attached hydrogen (secondary N) is 2. The van der Waals surface area contributed by atoms with Crippen LogP contribution in [-0.4, -0.2) is 29.9 Å². The van der Waals surface area contributed by atoms with Crippen LogP contribution in [0.3, 0.4) is 0 Å². The number of nitrogens with two attached hydrogens (primary N) is 2. The lowest BCUT2D eigenvalue weighted by Crippen LogP contribution is -2.43. The van der Waals surface area contributed by atoms with Gasteiger partial charge in [0.25, 0.3) is 0 Å². The summed E-state index contributed by atoms with van der Waals surface area (Å²) in [6, 6.07) is 10.9. The third-order valence-electron chi connectivity index (χ3n) is 4.12. The van der Waals surface area contributed by atoms with Gasteiger partial charge in [0.1, 0.15) is 0 Å². The van der Waals surface area contributed by atoms with E-state index >= 15 is 0 Å². The molecule has 130 valence electrons. The number of hydrazine groups is 2. The summed E-state index contributed by atoms with van der Waals surface area (Å²) < 4.78 is 0. The number of rotatable bonds is 6. The van der Waals surface area contributed by atoms with Gasteiger partial charge in [-0.1, -0.05) is 49.6 Å². The first kappa shape index (κ1) is 19.6. The Morgan fingerprint density at radius 3 is 2.35 bits per heavy atom. The molecule has 0 aromatic heterocycles. The van der Waals surface area contributed by atoms with E-state index in [4.69, 9.17) is 0 Å². The summed E-state index contributed by atoms with van der Waals surface area (Å²) in [7, 11) is 0. The minimum absolute atomic E-state index is 0.221. The molecule has 6 nitrogen and oxygen atoms in total. The second-order valence-electron chi connectivity index (χ2n) is 5.83. The second kappa shape index (κ2) is 12.0. The van der Waals surface area contributed by atoms with E-state index in [9.17, 15) is 4.79 Å². The van der Waals surface area contributed by atoms with Crippen LogP contribution >= 0.6 is 0 Å². The van der Waals surface area contributed by atoms with E-state index in [0.717, 1.165) is 19.6 Å². The Hall–Kier alpha value is -1.47. The highest BCUT2D eigenvalue weighted by Crippen LogP contribution is 2.22. The first-order chi connectivity index (χ1) is 11.2. The largest absolute Gasteiger partial charge is 0.339 e. The molecule has 0 aliphatic heterocycles. The van der Waals surface area contributed by atoms with E-state index < -0.39 is 0 Å². The third-order valence-corrected chi connectivity index (χ3v) is 4.12. The zero-order valence-corrected chi connectivity index (χ0v) is 14.1. The zero-order chi connectivity index (χ0) is 16.9. The highest BCUT2D eigenvalue weighted by molar-refractivity contribution is 5.73. The third kappa shape index (κ3) is 8.08. The molecule has 1 aliphatic carbocycles. The quantitative estimate of drug-likeness (QED) is 0.360. The molecule has 0 radical (unpaired) electrons. The number of hydrogen-bond donors (Lipinski definition) is 4. The maximum atomic E-state index is 11.8. The molecule has 0 unspecified atom stereocenters. The summed E-state index contributed by atoms with van der Waals surface area (Å²) in [6.07, 6.45) is 6.23. The van der Waals surface area contributed by atoms with Gasteiger partial charge in [-0.05, 0) is 18.4 Å². The van der Waals surface area contributed by atoms with E-state index in [1.165, 1.54) is 37.7 Å². The van der Waals surface area contributed by atoms with Gasteiger partial charge in [-0.25, -0.2) is 0 Å². The van der Waals surface area contributed by atoms with Gasteiger partial charge in [0.2, 0.25) is 5.91 Å². The number of hydrogen-bond acceptors (Lipinski definition) is 5. The number of nitrogens with zero attached hydrogens (tertiary/aromatic N) is 1. The van der Waals surface area contributed by atoms with E-state index in [1.807, 2.05) is 6.07 Å². The van der Waals surface area contributed by atoms with Crippen LogP contribution in [-0.2, 0) is 11.3 Å². The lowest BCUT2D eigenvalue weighted by atomic mass is 9.94. The Morgan fingerprint density at radius 1 is 1.17 bits per heavy atom. The smallest absolute Gasteiger partial charge is 0.219 e. The van der Waals surface area contributed by atoms with Crippen LogP contribution in [0, 0.1) is 0 Å². The molecule has 1 aliphatic rings. The number of carbonyl (C=O) groups excluding carboxylic acids is 1. The van der Waals surface area contributed by atoms with Crippen molar-refractivity contribution in [3.63, 3.8) is 0 Å². The molecular formula is C17H31N5O. The van der Waals surface area contributed by atoms with Crippen molar-refractivity contribution in [1.82, 2.24) is 15.8 Å². The maximum Gasteiger partial charge on any atom is 0.219 e. The van der Waals surface area contributed by atoms with Gasteiger partial charge in [-0.3, -0.25) is 16.5 Å². The highest BCUT2D eigenvalue weighted by atomic mass is 16.2. The molecule has 1 fully saturated rings. The first-order valence-electron chi connectivity index (χ1n) is 8.37. The molecule has 1 saturated carbocycles. The Balaban J connectivity index is 0.000000816. The fourth-order valence-electron chi connectivity index (χ4n) is 3.02. The van der Waals surface area contributed by atoms with Gasteiger partial charge >= 0.3 is 0 Å². The van der Waals surface area contributed by atoms with E-state index in [2.05, 4.69) is 46.2 Å². The van der Waals surface area contributed by atoms with Crippen LogP contribution in [0.25, 0.3) is 0 Å². The summed E-state index contributed by atoms with van der Waals surface area (Å²) in [5.41, 5.74) is 3.04. The molecular weight excluding hydrogens is 290 g/mol. The molecule has 0 atom stereocenters. The van der Waals surface area contributed by atoms with Crippen molar-refractivity contribution in [2.24, 2.45) is 11.7 Å². The fraction of sp³-hybridized carbons (Fsp3) is 0.588. The van der Waals surface area contributed by atoms with Crippen LogP contribution in [0.4, 0.5) is 0 Å². The Labute approximate surface area is 139 Å². The molecule has 0 spiro atoms. The standard InChI is InChI=1S/C17H26N2O.H5N3/c1-15(20)19(17-10-6-3-7-11-17)13-12-18-14-16-8-4-2-5-9-16;1-3-2/h2,4-5,8-9,17-18H,3,6-7,10-14H2,1H3;3H,1-2H2. The number of benzene rings is 1. The van der Waals surface area contributed by atoms with Gasteiger partial charge in [0, 0.05) is 32.6 Å². The van der Waals surface area contributed by atoms with E-state index in [0.29, 0.717) is 6.04 Å². The van der Waals surface area contributed by atoms with Crippen molar-refractivity contribution in [3.8, 4) is 0 Å². The zero-order valence-electron chi connectivity index (χ0n) is 14.1. The van der Waals surface area contributed by atoms with E-state index in [1.54, 1.807) is 12.5 Å². The predicted molar refractivity (Wildman–Crippen MR) is 93.9 cm³/mol. The van der Waals surface area contributed by atoms with Crippen molar-refractivity contribution in [1.29, 1.82) is 0 Å². The highest BCUT2D eigenvalue weighted by Gasteiger charge is 2.22. The van der Waals surface area contributed by atoms with Gasteiger partial charge < -0.3 is 10.2 Å². The Kier molecular flexibility index (Phi) is 10.2. The fourth-order valence-corrected chi connectivity index (χ4v) is 3.02. The van der Waals surface area contributed by atoms with Crippen molar-refractivity contribution >= 4 is 5.91 Å². The van der Waals surface area contributed by atoms with Gasteiger partial charge in [0.05, 0.1) is 0 Å².